The molecule has 0 aromatic carbocycles. The third-order valence-electron chi connectivity index (χ3n) is 8.55. The number of aliphatic carboxylic acids is 1. The Morgan fingerprint density at radius 2 is 0.932 bits per heavy atom. The molecule has 0 saturated carbocycles. The lowest BCUT2D eigenvalue weighted by atomic mass is 10.1. The molecule has 3 atom stereocenters. The van der Waals surface area contributed by atoms with Gasteiger partial charge in [0.1, 0.15) is 12.1 Å². The number of carboxylic acid groups (broad SMARTS) is 1. The number of hydrogen-bond donors (Lipinski definition) is 3. The van der Waals surface area contributed by atoms with E-state index in [0.29, 0.717) is 13.0 Å². The molecule has 11 heteroatoms. The van der Waals surface area contributed by atoms with E-state index in [-0.39, 0.29) is 13.0 Å². The Labute approximate surface area is 357 Å². The zero-order chi connectivity index (χ0) is 43.3. The van der Waals surface area contributed by atoms with Gasteiger partial charge in [0.05, 0.1) is 19.8 Å². The number of unbranched alkanes of at least 4 members (excludes halogenated alkanes) is 8. The standard InChI is InChI=1S/C48H78NO9P/c1-3-5-7-9-11-13-15-17-19-20-21-22-23-24-25-26-27-28-30-32-34-36-38-40-47(50)58-45(43-56-59(53,54)57-44-46(49)48(51)52)42-55-41-39-37-35-33-31-29-18-16-14-12-10-8-6-4-2/h5-8,11-14,17-19,21-22,24-25,27-29,45-46H,3-4,9-10,15-16,20,23,26,30-44,49H2,1-2H3,(H,51,52)(H,53,54)/b7-5-,8-6-,13-11-,14-12-,19-17-,22-21-,25-24-,28-27-,29-18-. The van der Waals surface area contributed by atoms with Crippen LogP contribution in [-0.4, -0.2) is 60.5 Å². The van der Waals surface area contributed by atoms with Crippen LogP contribution in [0.3, 0.4) is 0 Å². The van der Waals surface area contributed by atoms with Crippen molar-refractivity contribution in [2.24, 2.45) is 5.73 Å². The van der Waals surface area contributed by atoms with Crippen LogP contribution in [0, 0.1) is 0 Å². The summed E-state index contributed by atoms with van der Waals surface area (Å²) in [6.07, 6.45) is 57.1. The maximum absolute atomic E-state index is 12.6. The normalized spacial score (nSPS) is 14.9. The summed E-state index contributed by atoms with van der Waals surface area (Å²) in [5, 5.41) is 8.90. The molecule has 0 aliphatic carbocycles. The van der Waals surface area contributed by atoms with Crippen LogP contribution in [0.2, 0.25) is 0 Å². The molecule has 334 valence electrons. The molecule has 0 aromatic heterocycles. The Kier molecular flexibility index (Phi) is 40.3. The molecule has 0 amide bonds. The zero-order valence-corrected chi connectivity index (χ0v) is 37.2. The Hall–Kier alpha value is -3.37. The van der Waals surface area contributed by atoms with E-state index in [2.05, 4.69) is 123 Å². The fourth-order valence-electron chi connectivity index (χ4n) is 5.21. The van der Waals surface area contributed by atoms with E-state index in [1.807, 2.05) is 0 Å². The zero-order valence-electron chi connectivity index (χ0n) is 36.3. The predicted molar refractivity (Wildman–Crippen MR) is 244 cm³/mol. The minimum Gasteiger partial charge on any atom is -0.480 e. The van der Waals surface area contributed by atoms with Crippen molar-refractivity contribution in [3.05, 3.63) is 109 Å². The van der Waals surface area contributed by atoms with Crippen LogP contribution < -0.4 is 5.73 Å². The quantitative estimate of drug-likeness (QED) is 0.0235. The van der Waals surface area contributed by atoms with E-state index in [9.17, 15) is 19.0 Å². The predicted octanol–water partition coefficient (Wildman–Crippen LogP) is 12.3. The summed E-state index contributed by atoms with van der Waals surface area (Å²) < 4.78 is 33.3. The summed E-state index contributed by atoms with van der Waals surface area (Å²) in [5.74, 6) is -1.83. The van der Waals surface area contributed by atoms with Gasteiger partial charge in [-0.3, -0.25) is 18.6 Å². The van der Waals surface area contributed by atoms with Gasteiger partial charge in [-0.25, -0.2) is 4.57 Å². The SMILES string of the molecule is CC/C=C\C/C=C\C/C=C\C/C=C\C/C=C\C/C=C\CCCCCCC(=O)OC(COCCCCCC/C=C\C/C=C\C/C=C\CC)COP(=O)(O)OCC(N)C(=O)O. The van der Waals surface area contributed by atoms with Crippen molar-refractivity contribution in [1.29, 1.82) is 0 Å². The Bertz CT molecular complexity index is 1350. The fraction of sp³-hybridized carbons (Fsp3) is 0.583. The van der Waals surface area contributed by atoms with Crippen LogP contribution in [0.5, 0.6) is 0 Å². The molecule has 0 heterocycles. The van der Waals surface area contributed by atoms with Crippen LogP contribution >= 0.6 is 7.82 Å². The second kappa shape index (κ2) is 42.7. The summed E-state index contributed by atoms with van der Waals surface area (Å²) in [7, 11) is -4.64. The smallest absolute Gasteiger partial charge is 0.472 e. The van der Waals surface area contributed by atoms with Crippen molar-refractivity contribution < 1.29 is 42.7 Å². The molecule has 0 saturated heterocycles. The highest BCUT2D eigenvalue weighted by atomic mass is 31.2. The number of carboxylic acids is 1. The third-order valence-corrected chi connectivity index (χ3v) is 9.50. The van der Waals surface area contributed by atoms with Gasteiger partial charge in [-0.1, -0.05) is 149 Å². The Balaban J connectivity index is 4.34. The van der Waals surface area contributed by atoms with E-state index >= 15 is 0 Å². The molecular weight excluding hydrogens is 766 g/mol. The van der Waals surface area contributed by atoms with E-state index in [1.54, 1.807) is 0 Å². The van der Waals surface area contributed by atoms with Crippen LogP contribution in [0.4, 0.5) is 0 Å². The average Bonchev–Trinajstić information content (AvgIpc) is 3.21. The number of carbonyl (C=O) groups excluding carboxylic acids is 1. The van der Waals surface area contributed by atoms with Gasteiger partial charge in [0.15, 0.2) is 0 Å². The van der Waals surface area contributed by atoms with Gasteiger partial charge in [-0.05, 0) is 96.3 Å². The number of nitrogens with two attached hydrogens (primary N) is 1. The van der Waals surface area contributed by atoms with Gasteiger partial charge in [0, 0.05) is 13.0 Å². The van der Waals surface area contributed by atoms with E-state index in [1.165, 1.54) is 0 Å². The van der Waals surface area contributed by atoms with Crippen molar-refractivity contribution in [2.75, 3.05) is 26.4 Å². The van der Waals surface area contributed by atoms with Crippen LogP contribution in [0.25, 0.3) is 0 Å². The maximum atomic E-state index is 12.6. The highest BCUT2D eigenvalue weighted by Crippen LogP contribution is 2.43. The molecule has 0 spiro atoms. The minimum absolute atomic E-state index is 0.0170. The fourth-order valence-corrected chi connectivity index (χ4v) is 5.99. The van der Waals surface area contributed by atoms with Crippen molar-refractivity contribution in [3.63, 3.8) is 0 Å². The first-order valence-corrected chi connectivity index (χ1v) is 23.4. The lowest BCUT2D eigenvalue weighted by Gasteiger charge is -2.20. The molecule has 0 radical (unpaired) electrons. The molecular formula is C48H78NO9P. The van der Waals surface area contributed by atoms with Crippen LogP contribution in [0.1, 0.15) is 142 Å². The number of phosphoric acid groups is 1. The minimum atomic E-state index is -4.64. The molecule has 3 unspecified atom stereocenters. The second-order valence-corrected chi connectivity index (χ2v) is 15.5. The number of rotatable bonds is 40. The molecule has 10 nitrogen and oxygen atoms in total. The number of ether oxygens (including phenoxy) is 2. The summed E-state index contributed by atoms with van der Waals surface area (Å²) in [4.78, 5) is 33.5. The molecule has 0 aromatic rings. The second-order valence-electron chi connectivity index (χ2n) is 14.1. The molecule has 0 aliphatic rings. The van der Waals surface area contributed by atoms with Crippen LogP contribution in [-0.2, 0) is 32.7 Å². The lowest BCUT2D eigenvalue weighted by Crippen LogP contribution is -2.34. The van der Waals surface area contributed by atoms with Gasteiger partial charge in [-0.15, -0.1) is 0 Å². The Morgan fingerprint density at radius 1 is 0.542 bits per heavy atom. The average molecular weight is 844 g/mol. The molecule has 0 rings (SSSR count). The van der Waals surface area contributed by atoms with Crippen molar-refractivity contribution in [3.8, 4) is 0 Å². The number of hydrogen-bond acceptors (Lipinski definition) is 8. The topological polar surface area (TPSA) is 155 Å². The molecule has 0 bridgehead atoms. The highest BCUT2D eigenvalue weighted by Gasteiger charge is 2.27. The van der Waals surface area contributed by atoms with Gasteiger partial charge in [0.25, 0.3) is 0 Å². The van der Waals surface area contributed by atoms with E-state index in [0.717, 1.165) is 116 Å². The molecule has 0 aliphatic heterocycles. The van der Waals surface area contributed by atoms with Crippen molar-refractivity contribution in [2.45, 2.75) is 154 Å². The number of carbonyl (C=O) groups is 2. The number of esters is 1. The highest BCUT2D eigenvalue weighted by molar-refractivity contribution is 7.47. The first kappa shape index (κ1) is 55.6. The Morgan fingerprint density at radius 3 is 1.37 bits per heavy atom. The van der Waals surface area contributed by atoms with Crippen molar-refractivity contribution >= 4 is 19.8 Å². The largest absolute Gasteiger partial charge is 0.480 e. The summed E-state index contributed by atoms with van der Waals surface area (Å²) in [6.45, 7) is 3.53. The van der Waals surface area contributed by atoms with Gasteiger partial charge in [0.2, 0.25) is 0 Å². The third kappa shape index (κ3) is 42.6. The van der Waals surface area contributed by atoms with Crippen molar-refractivity contribution in [1.82, 2.24) is 0 Å². The van der Waals surface area contributed by atoms with E-state index in [4.69, 9.17) is 29.4 Å². The molecule has 4 N–H and O–H groups in total. The number of allylic oxidation sites excluding steroid dienone is 18. The van der Waals surface area contributed by atoms with Gasteiger partial charge >= 0.3 is 19.8 Å². The molecule has 59 heavy (non-hydrogen) atoms. The van der Waals surface area contributed by atoms with Crippen LogP contribution in [0.15, 0.2) is 109 Å². The first-order chi connectivity index (χ1) is 28.7. The summed E-state index contributed by atoms with van der Waals surface area (Å²) >= 11 is 0. The van der Waals surface area contributed by atoms with Gasteiger partial charge in [-0.2, -0.15) is 0 Å². The van der Waals surface area contributed by atoms with Gasteiger partial charge < -0.3 is 25.2 Å². The van der Waals surface area contributed by atoms with E-state index < -0.39 is 45.1 Å². The molecule has 0 fully saturated rings. The monoisotopic (exact) mass is 844 g/mol. The summed E-state index contributed by atoms with van der Waals surface area (Å²) in [5.41, 5.74) is 5.35. The number of phosphoric ester groups is 1. The lowest BCUT2D eigenvalue weighted by molar-refractivity contribution is -0.154. The first-order valence-electron chi connectivity index (χ1n) is 21.9. The summed E-state index contributed by atoms with van der Waals surface area (Å²) in [6, 6.07) is -1.49. The maximum Gasteiger partial charge on any atom is 0.472 e.